The standard InChI is InChI=1S/C24H21ClFN3O/c25-19-10-6-11-20(26)18(19)16-29-22-13-5-4-12-21(22)28-23(29)14-7-15-27-24(30)17-8-2-1-3-9-17/h1-6,8-13H,7,14-16H2,(H,27,30). The third-order valence-electron chi connectivity index (χ3n) is 5.01. The molecule has 0 bridgehead atoms. The molecule has 0 saturated heterocycles. The Hall–Kier alpha value is -3.18. The maximum atomic E-state index is 14.4. The summed E-state index contributed by atoms with van der Waals surface area (Å²) in [6.45, 7) is 0.828. The van der Waals surface area contributed by atoms with Crippen molar-refractivity contribution in [1.82, 2.24) is 14.9 Å². The second-order valence-corrected chi connectivity index (χ2v) is 7.44. The topological polar surface area (TPSA) is 46.9 Å². The molecule has 30 heavy (non-hydrogen) atoms. The van der Waals surface area contributed by atoms with Crippen LogP contribution in [-0.4, -0.2) is 22.0 Å². The number of aromatic nitrogens is 2. The highest BCUT2D eigenvalue weighted by Gasteiger charge is 2.15. The van der Waals surface area contributed by atoms with Gasteiger partial charge >= 0.3 is 0 Å². The van der Waals surface area contributed by atoms with Crippen molar-refractivity contribution < 1.29 is 9.18 Å². The minimum Gasteiger partial charge on any atom is -0.352 e. The van der Waals surface area contributed by atoms with Gasteiger partial charge in [0.2, 0.25) is 0 Å². The fourth-order valence-corrected chi connectivity index (χ4v) is 3.70. The summed E-state index contributed by atoms with van der Waals surface area (Å²) in [7, 11) is 0. The number of carbonyl (C=O) groups is 1. The van der Waals surface area contributed by atoms with Crippen molar-refractivity contribution in [3.05, 3.63) is 101 Å². The molecule has 0 saturated carbocycles. The van der Waals surface area contributed by atoms with Crippen molar-refractivity contribution in [2.24, 2.45) is 0 Å². The molecule has 0 aliphatic rings. The maximum Gasteiger partial charge on any atom is 0.251 e. The lowest BCUT2D eigenvalue weighted by Crippen LogP contribution is -2.25. The van der Waals surface area contributed by atoms with Crippen LogP contribution in [0.4, 0.5) is 4.39 Å². The molecule has 1 heterocycles. The molecule has 1 N–H and O–H groups in total. The van der Waals surface area contributed by atoms with E-state index in [1.165, 1.54) is 6.07 Å². The van der Waals surface area contributed by atoms with Gasteiger partial charge in [-0.3, -0.25) is 4.79 Å². The molecule has 152 valence electrons. The van der Waals surface area contributed by atoms with Crippen molar-refractivity contribution in [2.45, 2.75) is 19.4 Å². The maximum absolute atomic E-state index is 14.4. The largest absolute Gasteiger partial charge is 0.352 e. The zero-order valence-electron chi connectivity index (χ0n) is 16.3. The van der Waals surface area contributed by atoms with E-state index in [1.807, 2.05) is 47.0 Å². The van der Waals surface area contributed by atoms with Gasteiger partial charge in [0.25, 0.3) is 5.91 Å². The minimum atomic E-state index is -0.332. The van der Waals surface area contributed by atoms with Crippen LogP contribution in [0, 0.1) is 5.82 Å². The van der Waals surface area contributed by atoms with E-state index in [-0.39, 0.29) is 11.7 Å². The lowest BCUT2D eigenvalue weighted by molar-refractivity contribution is 0.0953. The number of halogens is 2. The lowest BCUT2D eigenvalue weighted by atomic mass is 10.2. The Balaban J connectivity index is 1.50. The van der Waals surface area contributed by atoms with Crippen molar-refractivity contribution in [3.8, 4) is 0 Å². The van der Waals surface area contributed by atoms with Crippen LogP contribution < -0.4 is 5.32 Å². The molecule has 1 amide bonds. The van der Waals surface area contributed by atoms with E-state index in [2.05, 4.69) is 5.32 Å². The van der Waals surface area contributed by atoms with Gasteiger partial charge in [-0.05, 0) is 42.8 Å². The van der Waals surface area contributed by atoms with Gasteiger partial charge in [0.15, 0.2) is 0 Å². The summed E-state index contributed by atoms with van der Waals surface area (Å²) in [5, 5.41) is 3.33. The van der Waals surface area contributed by atoms with Crippen LogP contribution in [0.5, 0.6) is 0 Å². The normalized spacial score (nSPS) is 11.0. The summed E-state index contributed by atoms with van der Waals surface area (Å²) in [6.07, 6.45) is 1.36. The molecule has 0 aliphatic carbocycles. The van der Waals surface area contributed by atoms with E-state index < -0.39 is 0 Å². The van der Waals surface area contributed by atoms with Crippen molar-refractivity contribution in [3.63, 3.8) is 0 Å². The van der Waals surface area contributed by atoms with Gasteiger partial charge in [-0.1, -0.05) is 48.0 Å². The van der Waals surface area contributed by atoms with Gasteiger partial charge in [-0.25, -0.2) is 9.37 Å². The number of hydrogen-bond acceptors (Lipinski definition) is 2. The van der Waals surface area contributed by atoms with E-state index in [4.69, 9.17) is 16.6 Å². The first-order valence-corrected chi connectivity index (χ1v) is 10.2. The average Bonchev–Trinajstić information content (AvgIpc) is 3.11. The quantitative estimate of drug-likeness (QED) is 0.415. The molecule has 1 aromatic heterocycles. The highest BCUT2D eigenvalue weighted by Crippen LogP contribution is 2.24. The van der Waals surface area contributed by atoms with E-state index in [9.17, 15) is 9.18 Å². The number of nitrogens with zero attached hydrogens (tertiary/aromatic N) is 2. The molecule has 4 rings (SSSR count). The molecule has 0 unspecified atom stereocenters. The van der Waals surface area contributed by atoms with Crippen LogP contribution in [0.3, 0.4) is 0 Å². The second-order valence-electron chi connectivity index (χ2n) is 7.03. The molecule has 3 aromatic carbocycles. The third-order valence-corrected chi connectivity index (χ3v) is 5.36. The Morgan fingerprint density at radius 1 is 1.00 bits per heavy atom. The van der Waals surface area contributed by atoms with E-state index in [1.54, 1.807) is 24.3 Å². The molecular formula is C24H21ClFN3O. The van der Waals surface area contributed by atoms with Gasteiger partial charge in [-0.15, -0.1) is 0 Å². The van der Waals surface area contributed by atoms with Crippen LogP contribution in [0.25, 0.3) is 11.0 Å². The first-order valence-electron chi connectivity index (χ1n) is 9.84. The Morgan fingerprint density at radius 3 is 2.57 bits per heavy atom. The van der Waals surface area contributed by atoms with Gasteiger partial charge in [-0.2, -0.15) is 0 Å². The summed E-state index contributed by atoms with van der Waals surface area (Å²) in [6, 6.07) is 21.6. The first kappa shape index (κ1) is 20.1. The van der Waals surface area contributed by atoms with Gasteiger partial charge in [0, 0.05) is 29.1 Å². The molecule has 0 fully saturated rings. The number of fused-ring (bicyclic) bond motifs is 1. The molecule has 0 spiro atoms. The number of carbonyl (C=O) groups excluding carboxylic acids is 1. The third kappa shape index (κ3) is 4.36. The summed E-state index contributed by atoms with van der Waals surface area (Å²) in [4.78, 5) is 16.9. The number of aryl methyl sites for hydroxylation is 1. The Bertz CT molecular complexity index is 1150. The Morgan fingerprint density at radius 2 is 1.77 bits per heavy atom. The highest BCUT2D eigenvalue weighted by atomic mass is 35.5. The van der Waals surface area contributed by atoms with Crippen molar-refractivity contribution in [1.29, 1.82) is 0 Å². The lowest BCUT2D eigenvalue weighted by Gasteiger charge is -2.12. The molecule has 0 radical (unpaired) electrons. The second kappa shape index (κ2) is 9.09. The predicted octanol–water partition coefficient (Wildman–Crippen LogP) is 5.24. The minimum absolute atomic E-state index is 0.0951. The number of rotatable bonds is 7. The molecule has 0 aliphatic heterocycles. The van der Waals surface area contributed by atoms with Crippen LogP contribution >= 0.6 is 11.6 Å². The predicted molar refractivity (Wildman–Crippen MR) is 117 cm³/mol. The molecular weight excluding hydrogens is 401 g/mol. The summed E-state index contributed by atoms with van der Waals surface area (Å²) in [5.41, 5.74) is 2.87. The van der Waals surface area contributed by atoms with Crippen LogP contribution in [-0.2, 0) is 13.0 Å². The van der Waals surface area contributed by atoms with Crippen LogP contribution in [0.1, 0.15) is 28.2 Å². The average molecular weight is 422 g/mol. The van der Waals surface area contributed by atoms with Crippen LogP contribution in [0.2, 0.25) is 5.02 Å². The van der Waals surface area contributed by atoms with Gasteiger partial charge in [0.1, 0.15) is 11.6 Å². The van der Waals surface area contributed by atoms with E-state index in [0.717, 1.165) is 16.9 Å². The number of imidazole rings is 1. The van der Waals surface area contributed by atoms with Crippen molar-refractivity contribution in [2.75, 3.05) is 6.54 Å². The molecule has 4 nitrogen and oxygen atoms in total. The number of benzene rings is 3. The number of hydrogen-bond donors (Lipinski definition) is 1. The van der Waals surface area contributed by atoms with Gasteiger partial charge in [0.05, 0.1) is 17.6 Å². The molecule has 4 aromatic rings. The fourth-order valence-electron chi connectivity index (χ4n) is 3.47. The zero-order chi connectivity index (χ0) is 20.9. The smallest absolute Gasteiger partial charge is 0.251 e. The SMILES string of the molecule is O=C(NCCCc1nc2ccccc2n1Cc1c(F)cccc1Cl)c1ccccc1. The first-order chi connectivity index (χ1) is 14.6. The fraction of sp³-hybridized carbons (Fsp3) is 0.167. The van der Waals surface area contributed by atoms with E-state index >= 15 is 0 Å². The summed E-state index contributed by atoms with van der Waals surface area (Å²) >= 11 is 6.25. The van der Waals surface area contributed by atoms with Crippen LogP contribution in [0.15, 0.2) is 72.8 Å². The number of amides is 1. The monoisotopic (exact) mass is 421 g/mol. The number of para-hydroxylation sites is 2. The van der Waals surface area contributed by atoms with E-state index in [0.29, 0.717) is 42.1 Å². The summed E-state index contributed by atoms with van der Waals surface area (Å²) in [5.74, 6) is 0.410. The Labute approximate surface area is 179 Å². The van der Waals surface area contributed by atoms with Crippen molar-refractivity contribution >= 4 is 28.5 Å². The number of nitrogens with one attached hydrogen (secondary N) is 1. The van der Waals surface area contributed by atoms with Gasteiger partial charge < -0.3 is 9.88 Å². The Kier molecular flexibility index (Phi) is 6.10. The molecule has 6 heteroatoms. The highest BCUT2D eigenvalue weighted by molar-refractivity contribution is 6.31. The zero-order valence-corrected chi connectivity index (χ0v) is 17.1. The molecule has 0 atom stereocenters. The summed E-state index contributed by atoms with van der Waals surface area (Å²) < 4.78 is 16.4.